The molecule has 0 unspecified atom stereocenters. The van der Waals surface area contributed by atoms with E-state index in [1.807, 2.05) is 28.0 Å². The maximum atomic E-state index is 13.0. The van der Waals surface area contributed by atoms with E-state index in [2.05, 4.69) is 5.32 Å². The van der Waals surface area contributed by atoms with Gasteiger partial charge in [-0.3, -0.25) is 4.79 Å². The Hall–Kier alpha value is -2.44. The first-order valence-corrected chi connectivity index (χ1v) is 11.9. The molecule has 1 aromatic carbocycles. The van der Waals surface area contributed by atoms with Crippen LogP contribution in [0.3, 0.4) is 0 Å². The number of ether oxygens (including phenoxy) is 2. The molecule has 7 heteroatoms. The molecule has 31 heavy (non-hydrogen) atoms. The standard InChI is InChI=1S/C24H33N3O4/c28-23-13-18-8-11-27(24(29)25-20-4-2-1-3-5-20)15-19(18)9-10-26(23)14-17-6-7-21-22(12-17)31-16-30-21/h6-7,12,18-20H,1-5,8-11,13-16H2,(H,25,29)/t18-,19+/m0/s1. The van der Waals surface area contributed by atoms with Gasteiger partial charge >= 0.3 is 6.03 Å². The summed E-state index contributed by atoms with van der Waals surface area (Å²) in [5.41, 5.74) is 1.07. The van der Waals surface area contributed by atoms with Gasteiger partial charge in [0, 0.05) is 38.6 Å². The number of nitrogens with zero attached hydrogens (tertiary/aromatic N) is 2. The summed E-state index contributed by atoms with van der Waals surface area (Å²) in [6, 6.07) is 6.34. The molecule has 0 spiro atoms. The van der Waals surface area contributed by atoms with E-state index in [-0.39, 0.29) is 18.7 Å². The summed E-state index contributed by atoms with van der Waals surface area (Å²) in [5, 5.41) is 3.26. The lowest BCUT2D eigenvalue weighted by atomic mass is 9.82. The molecule has 3 fully saturated rings. The summed E-state index contributed by atoms with van der Waals surface area (Å²) in [7, 11) is 0. The first-order valence-electron chi connectivity index (χ1n) is 11.9. The van der Waals surface area contributed by atoms with Gasteiger partial charge in [-0.2, -0.15) is 0 Å². The van der Waals surface area contributed by atoms with Crippen LogP contribution in [0.4, 0.5) is 4.79 Å². The van der Waals surface area contributed by atoms with Gasteiger partial charge in [0.1, 0.15) is 0 Å². The summed E-state index contributed by atoms with van der Waals surface area (Å²) in [4.78, 5) is 29.7. The zero-order valence-electron chi connectivity index (χ0n) is 18.2. The van der Waals surface area contributed by atoms with Crippen LogP contribution in [-0.2, 0) is 11.3 Å². The van der Waals surface area contributed by atoms with Crippen LogP contribution < -0.4 is 14.8 Å². The highest BCUT2D eigenvalue weighted by Crippen LogP contribution is 2.35. The van der Waals surface area contributed by atoms with Crippen LogP contribution in [-0.4, -0.2) is 54.2 Å². The Kier molecular flexibility index (Phi) is 5.92. The number of piperidine rings is 1. The summed E-state index contributed by atoms with van der Waals surface area (Å²) in [6.45, 7) is 3.13. The van der Waals surface area contributed by atoms with E-state index in [4.69, 9.17) is 9.47 Å². The average molecular weight is 428 g/mol. The predicted octanol–water partition coefficient (Wildman–Crippen LogP) is 3.52. The van der Waals surface area contributed by atoms with Gasteiger partial charge in [-0.1, -0.05) is 25.3 Å². The van der Waals surface area contributed by atoms with Crippen molar-refractivity contribution < 1.29 is 19.1 Å². The maximum absolute atomic E-state index is 13.0. The minimum Gasteiger partial charge on any atom is -0.454 e. The van der Waals surface area contributed by atoms with Crippen LogP contribution in [0.2, 0.25) is 0 Å². The van der Waals surface area contributed by atoms with Gasteiger partial charge in [-0.15, -0.1) is 0 Å². The van der Waals surface area contributed by atoms with E-state index in [1.165, 1.54) is 19.3 Å². The molecule has 7 nitrogen and oxygen atoms in total. The van der Waals surface area contributed by atoms with Crippen LogP contribution in [0.1, 0.15) is 56.9 Å². The lowest BCUT2D eigenvalue weighted by Crippen LogP contribution is -2.50. The molecule has 2 saturated heterocycles. The summed E-state index contributed by atoms with van der Waals surface area (Å²) in [6.07, 6.45) is 8.41. The monoisotopic (exact) mass is 427 g/mol. The van der Waals surface area contributed by atoms with E-state index < -0.39 is 0 Å². The number of benzene rings is 1. The Morgan fingerprint density at radius 1 is 1.00 bits per heavy atom. The first-order chi connectivity index (χ1) is 15.2. The van der Waals surface area contributed by atoms with Crippen molar-refractivity contribution in [1.82, 2.24) is 15.1 Å². The Morgan fingerprint density at radius 3 is 2.68 bits per heavy atom. The highest BCUT2D eigenvalue weighted by Gasteiger charge is 2.36. The molecule has 3 amide bonds. The molecule has 1 N–H and O–H groups in total. The molecule has 3 heterocycles. The Balaban J connectivity index is 1.18. The number of fused-ring (bicyclic) bond motifs is 2. The van der Waals surface area contributed by atoms with Crippen LogP contribution in [0, 0.1) is 11.8 Å². The number of nitrogens with one attached hydrogen (secondary N) is 1. The second-order valence-corrected chi connectivity index (χ2v) is 9.53. The van der Waals surface area contributed by atoms with Crippen molar-refractivity contribution in [3.05, 3.63) is 23.8 Å². The van der Waals surface area contributed by atoms with E-state index >= 15 is 0 Å². The minimum atomic E-state index is 0.0955. The molecule has 2 atom stereocenters. The van der Waals surface area contributed by atoms with Crippen molar-refractivity contribution in [2.24, 2.45) is 11.8 Å². The summed E-state index contributed by atoms with van der Waals surface area (Å²) < 4.78 is 10.9. The SMILES string of the molecule is O=C1C[C@@H]2CCN(C(=O)NC3CCCCC3)C[C@H]2CCN1Cc1ccc2c(c1)OCO2. The van der Waals surface area contributed by atoms with Crippen molar-refractivity contribution in [2.45, 2.75) is 64.0 Å². The fourth-order valence-corrected chi connectivity index (χ4v) is 5.60. The summed E-state index contributed by atoms with van der Waals surface area (Å²) in [5.74, 6) is 2.53. The van der Waals surface area contributed by atoms with Gasteiger partial charge in [0.25, 0.3) is 0 Å². The molecule has 168 valence electrons. The fraction of sp³-hybridized carbons (Fsp3) is 0.667. The molecule has 0 aromatic heterocycles. The van der Waals surface area contributed by atoms with Gasteiger partial charge in [0.15, 0.2) is 11.5 Å². The molecule has 0 bridgehead atoms. The van der Waals surface area contributed by atoms with E-state index in [0.717, 1.165) is 62.4 Å². The number of urea groups is 1. The quantitative estimate of drug-likeness (QED) is 0.801. The predicted molar refractivity (Wildman–Crippen MR) is 116 cm³/mol. The molecule has 1 aliphatic carbocycles. The van der Waals surface area contributed by atoms with Gasteiger partial charge in [-0.25, -0.2) is 4.79 Å². The Labute approximate surface area is 184 Å². The largest absolute Gasteiger partial charge is 0.454 e. The molecular weight excluding hydrogens is 394 g/mol. The normalized spacial score (nSPS) is 26.4. The van der Waals surface area contributed by atoms with Crippen molar-refractivity contribution in [1.29, 1.82) is 0 Å². The number of hydrogen-bond acceptors (Lipinski definition) is 4. The van der Waals surface area contributed by atoms with Gasteiger partial charge in [0.05, 0.1) is 0 Å². The average Bonchev–Trinajstić information content (AvgIpc) is 3.19. The molecular formula is C24H33N3O4. The topological polar surface area (TPSA) is 71.1 Å². The third-order valence-electron chi connectivity index (χ3n) is 7.48. The van der Waals surface area contributed by atoms with Gasteiger partial charge < -0.3 is 24.6 Å². The molecule has 1 saturated carbocycles. The Morgan fingerprint density at radius 2 is 1.81 bits per heavy atom. The lowest BCUT2D eigenvalue weighted by Gasteiger charge is -2.38. The van der Waals surface area contributed by atoms with E-state index in [9.17, 15) is 9.59 Å². The highest BCUT2D eigenvalue weighted by atomic mass is 16.7. The number of carbonyl (C=O) groups is 2. The lowest BCUT2D eigenvalue weighted by molar-refractivity contribution is -0.132. The highest BCUT2D eigenvalue weighted by molar-refractivity contribution is 5.77. The van der Waals surface area contributed by atoms with Crippen LogP contribution in [0.25, 0.3) is 0 Å². The first kappa shape index (κ1) is 20.5. The number of hydrogen-bond donors (Lipinski definition) is 1. The third kappa shape index (κ3) is 4.60. The zero-order chi connectivity index (χ0) is 21.2. The second kappa shape index (κ2) is 8.97. The molecule has 4 aliphatic rings. The smallest absolute Gasteiger partial charge is 0.317 e. The van der Waals surface area contributed by atoms with Gasteiger partial charge in [-0.05, 0) is 55.2 Å². The van der Waals surface area contributed by atoms with E-state index in [1.54, 1.807) is 0 Å². The third-order valence-corrected chi connectivity index (χ3v) is 7.48. The second-order valence-electron chi connectivity index (χ2n) is 9.53. The Bertz CT molecular complexity index is 823. The van der Waals surface area contributed by atoms with Crippen molar-refractivity contribution in [3.63, 3.8) is 0 Å². The maximum Gasteiger partial charge on any atom is 0.317 e. The molecule has 5 rings (SSSR count). The van der Waals surface area contributed by atoms with Gasteiger partial charge in [0.2, 0.25) is 12.7 Å². The minimum absolute atomic E-state index is 0.0955. The van der Waals surface area contributed by atoms with Crippen LogP contribution in [0.5, 0.6) is 11.5 Å². The van der Waals surface area contributed by atoms with E-state index in [0.29, 0.717) is 30.8 Å². The zero-order valence-corrected chi connectivity index (χ0v) is 18.2. The van der Waals surface area contributed by atoms with Crippen molar-refractivity contribution in [2.75, 3.05) is 26.4 Å². The van der Waals surface area contributed by atoms with Crippen LogP contribution in [0.15, 0.2) is 18.2 Å². The fourth-order valence-electron chi connectivity index (χ4n) is 5.60. The number of amides is 3. The number of rotatable bonds is 3. The molecule has 1 aromatic rings. The molecule has 3 aliphatic heterocycles. The van der Waals surface area contributed by atoms with Crippen molar-refractivity contribution >= 4 is 11.9 Å². The summed E-state index contributed by atoms with van der Waals surface area (Å²) >= 11 is 0. The van der Waals surface area contributed by atoms with Crippen molar-refractivity contribution in [3.8, 4) is 11.5 Å². The number of likely N-dealkylation sites (tertiary alicyclic amines) is 2. The molecule has 0 radical (unpaired) electrons. The van der Waals surface area contributed by atoms with Crippen LogP contribution >= 0.6 is 0 Å². The number of carbonyl (C=O) groups excluding carboxylic acids is 2.